The molecule has 2 aliphatic heterocycles. The lowest BCUT2D eigenvalue weighted by Crippen LogP contribution is -2.33. The zero-order chi connectivity index (χ0) is 28.9. The number of anilines is 2. The molecule has 2 heterocycles. The zero-order valence-electron chi connectivity index (χ0n) is 23.1. The van der Waals surface area contributed by atoms with E-state index in [-0.39, 0.29) is 36.8 Å². The Labute approximate surface area is 242 Å². The van der Waals surface area contributed by atoms with E-state index < -0.39 is 0 Å². The Morgan fingerprint density at radius 2 is 1.76 bits per heavy atom. The highest BCUT2D eigenvalue weighted by Crippen LogP contribution is 2.37. The molecule has 0 atom stereocenters. The molecule has 2 aliphatic rings. The maximum absolute atomic E-state index is 13.5. The van der Waals surface area contributed by atoms with Crippen LogP contribution in [-0.4, -0.2) is 49.7 Å². The van der Waals surface area contributed by atoms with Crippen molar-refractivity contribution in [2.75, 3.05) is 37.7 Å². The molecule has 0 saturated carbocycles. The van der Waals surface area contributed by atoms with E-state index >= 15 is 0 Å². The van der Waals surface area contributed by atoms with Gasteiger partial charge >= 0.3 is 0 Å². The van der Waals surface area contributed by atoms with Crippen LogP contribution in [-0.2, 0) is 14.3 Å². The summed E-state index contributed by atoms with van der Waals surface area (Å²) in [6.45, 7) is 5.04. The maximum atomic E-state index is 13.5. The fourth-order valence-corrected chi connectivity index (χ4v) is 5.43. The molecule has 0 unspecified atom stereocenters. The van der Waals surface area contributed by atoms with Gasteiger partial charge in [-0.15, -0.1) is 0 Å². The minimum Gasteiger partial charge on any atom is -0.454 e. The minimum absolute atomic E-state index is 0.126. The summed E-state index contributed by atoms with van der Waals surface area (Å²) in [7, 11) is 1.58. The summed E-state index contributed by atoms with van der Waals surface area (Å²) in [5.74, 6) is 0.431. The van der Waals surface area contributed by atoms with Gasteiger partial charge in [-0.2, -0.15) is 0 Å². The average molecular weight is 574 g/mol. The summed E-state index contributed by atoms with van der Waals surface area (Å²) in [5, 5.41) is 6.08. The van der Waals surface area contributed by atoms with Crippen LogP contribution in [0, 0.1) is 0 Å². The third-order valence-corrected chi connectivity index (χ3v) is 7.72. The van der Waals surface area contributed by atoms with Crippen molar-refractivity contribution in [2.45, 2.75) is 31.1 Å². The SMILES string of the molecule is COCCCN1C(=O)C(Nc2ccc(C(C)C)cc2)=C(Sc2cccc(NC(=O)c3ccc4c(c3)OCO4)c2)C1=O. The molecular formula is C31H31N3O6S. The molecule has 3 amide bonds. The first-order valence-corrected chi connectivity index (χ1v) is 14.1. The van der Waals surface area contributed by atoms with Gasteiger partial charge in [0.1, 0.15) is 10.6 Å². The number of fused-ring (bicyclic) bond motifs is 1. The van der Waals surface area contributed by atoms with Crippen molar-refractivity contribution in [1.82, 2.24) is 4.90 Å². The number of imide groups is 1. The first-order chi connectivity index (χ1) is 19.8. The number of amides is 3. The van der Waals surface area contributed by atoms with E-state index in [4.69, 9.17) is 14.2 Å². The molecule has 0 saturated heterocycles. The summed E-state index contributed by atoms with van der Waals surface area (Å²) in [6.07, 6.45) is 0.531. The van der Waals surface area contributed by atoms with Crippen molar-refractivity contribution < 1.29 is 28.6 Å². The number of thioether (sulfide) groups is 1. The van der Waals surface area contributed by atoms with Crippen LogP contribution in [0.2, 0.25) is 0 Å². The van der Waals surface area contributed by atoms with E-state index in [2.05, 4.69) is 24.5 Å². The highest BCUT2D eigenvalue weighted by molar-refractivity contribution is 8.04. The molecule has 0 aromatic heterocycles. The molecule has 10 heteroatoms. The van der Waals surface area contributed by atoms with Gasteiger partial charge in [-0.3, -0.25) is 19.3 Å². The smallest absolute Gasteiger partial charge is 0.278 e. The summed E-state index contributed by atoms with van der Waals surface area (Å²) < 4.78 is 15.8. The summed E-state index contributed by atoms with van der Waals surface area (Å²) in [4.78, 5) is 42.0. The van der Waals surface area contributed by atoms with Crippen LogP contribution in [0.3, 0.4) is 0 Å². The van der Waals surface area contributed by atoms with Crippen LogP contribution in [0.4, 0.5) is 11.4 Å². The van der Waals surface area contributed by atoms with E-state index in [9.17, 15) is 14.4 Å². The van der Waals surface area contributed by atoms with Crippen molar-refractivity contribution >= 4 is 40.9 Å². The fraction of sp³-hybridized carbons (Fsp3) is 0.258. The van der Waals surface area contributed by atoms with Crippen LogP contribution in [0.1, 0.15) is 42.1 Å². The molecule has 2 N–H and O–H groups in total. The Hall–Kier alpha value is -4.28. The van der Waals surface area contributed by atoms with Crippen LogP contribution in [0.5, 0.6) is 11.5 Å². The van der Waals surface area contributed by atoms with Gasteiger partial charge in [0.05, 0.1) is 0 Å². The van der Waals surface area contributed by atoms with Crippen molar-refractivity contribution in [3.8, 4) is 11.5 Å². The Kier molecular flexibility index (Phi) is 8.61. The largest absolute Gasteiger partial charge is 0.454 e. The standard InChI is InChI=1S/C31H31N3O6S/c1-19(2)20-8-11-22(12-9-20)32-27-28(31(37)34(30(27)36)14-5-15-38-3)41-24-7-4-6-23(17-24)33-29(35)21-10-13-25-26(16-21)40-18-39-25/h4,6-13,16-17,19,32H,5,14-15,18H2,1-3H3,(H,33,35). The van der Waals surface area contributed by atoms with Crippen molar-refractivity contribution in [3.63, 3.8) is 0 Å². The second kappa shape index (κ2) is 12.5. The van der Waals surface area contributed by atoms with Crippen molar-refractivity contribution in [3.05, 3.63) is 88.5 Å². The quantitative estimate of drug-likeness (QED) is 0.225. The van der Waals surface area contributed by atoms with E-state index in [1.807, 2.05) is 30.3 Å². The highest BCUT2D eigenvalue weighted by atomic mass is 32.2. The topological polar surface area (TPSA) is 106 Å². The number of benzene rings is 3. The third kappa shape index (κ3) is 6.39. The maximum Gasteiger partial charge on any atom is 0.278 e. The van der Waals surface area contributed by atoms with Crippen LogP contribution in [0.25, 0.3) is 0 Å². The van der Waals surface area contributed by atoms with E-state index in [0.29, 0.717) is 57.2 Å². The number of carbonyl (C=O) groups excluding carboxylic acids is 3. The summed E-state index contributed by atoms with van der Waals surface area (Å²) in [6, 6.07) is 20.0. The minimum atomic E-state index is -0.381. The van der Waals surface area contributed by atoms with Gasteiger partial charge in [0.25, 0.3) is 17.7 Å². The summed E-state index contributed by atoms with van der Waals surface area (Å²) >= 11 is 1.18. The average Bonchev–Trinajstić information content (AvgIpc) is 3.52. The van der Waals surface area contributed by atoms with Crippen LogP contribution >= 0.6 is 11.8 Å². The van der Waals surface area contributed by atoms with Gasteiger partial charge < -0.3 is 24.8 Å². The zero-order valence-corrected chi connectivity index (χ0v) is 23.9. The Balaban J connectivity index is 1.37. The molecule has 3 aromatic rings. The summed E-state index contributed by atoms with van der Waals surface area (Å²) in [5.41, 5.74) is 3.09. The van der Waals surface area contributed by atoms with Gasteiger partial charge in [0.2, 0.25) is 6.79 Å². The second-order valence-corrected chi connectivity index (χ2v) is 10.9. The van der Waals surface area contributed by atoms with Gasteiger partial charge in [-0.05, 0) is 66.4 Å². The molecule has 0 fully saturated rings. The monoisotopic (exact) mass is 573 g/mol. The van der Waals surface area contributed by atoms with E-state index in [1.54, 1.807) is 43.5 Å². The highest BCUT2D eigenvalue weighted by Gasteiger charge is 2.39. The number of ether oxygens (including phenoxy) is 3. The third-order valence-electron chi connectivity index (χ3n) is 6.65. The lowest BCUT2D eigenvalue weighted by Gasteiger charge is -2.15. The number of hydrogen-bond donors (Lipinski definition) is 2. The molecule has 0 spiro atoms. The number of nitrogens with one attached hydrogen (secondary N) is 2. The van der Waals surface area contributed by atoms with Gasteiger partial charge in [-0.1, -0.05) is 43.8 Å². The lowest BCUT2D eigenvalue weighted by atomic mass is 10.0. The molecule has 0 bridgehead atoms. The van der Waals surface area contributed by atoms with Gasteiger partial charge in [0.15, 0.2) is 11.5 Å². The predicted molar refractivity (Wildman–Crippen MR) is 157 cm³/mol. The number of nitrogens with zero attached hydrogens (tertiary/aromatic N) is 1. The molecule has 0 radical (unpaired) electrons. The Bertz CT molecular complexity index is 1500. The molecule has 0 aliphatic carbocycles. The predicted octanol–water partition coefficient (Wildman–Crippen LogP) is 5.61. The second-order valence-electron chi connectivity index (χ2n) is 9.87. The molecular weight excluding hydrogens is 542 g/mol. The first-order valence-electron chi connectivity index (χ1n) is 13.3. The molecule has 9 nitrogen and oxygen atoms in total. The number of methoxy groups -OCH3 is 1. The van der Waals surface area contributed by atoms with Gasteiger partial charge in [-0.25, -0.2) is 0 Å². The number of rotatable bonds is 11. The van der Waals surface area contributed by atoms with Crippen molar-refractivity contribution in [2.24, 2.45) is 0 Å². The molecule has 3 aromatic carbocycles. The first kappa shape index (κ1) is 28.3. The normalized spacial score (nSPS) is 14.3. The number of hydrogen-bond acceptors (Lipinski definition) is 8. The Morgan fingerprint density at radius 1 is 0.976 bits per heavy atom. The molecule has 212 valence electrons. The Morgan fingerprint density at radius 3 is 2.51 bits per heavy atom. The van der Waals surface area contributed by atoms with Crippen LogP contribution in [0.15, 0.2) is 82.2 Å². The van der Waals surface area contributed by atoms with Crippen molar-refractivity contribution in [1.29, 1.82) is 0 Å². The lowest BCUT2D eigenvalue weighted by molar-refractivity contribution is -0.137. The number of carbonyl (C=O) groups is 3. The fourth-order valence-electron chi connectivity index (χ4n) is 4.42. The van der Waals surface area contributed by atoms with Gasteiger partial charge in [0, 0.05) is 42.1 Å². The van der Waals surface area contributed by atoms with E-state index in [1.165, 1.54) is 22.2 Å². The molecule has 41 heavy (non-hydrogen) atoms. The molecule has 5 rings (SSSR count). The van der Waals surface area contributed by atoms with Crippen LogP contribution < -0.4 is 20.1 Å². The van der Waals surface area contributed by atoms with E-state index in [0.717, 1.165) is 0 Å².